The first kappa shape index (κ1) is 11.9. The molecule has 0 aliphatic rings. The topological polar surface area (TPSA) is 17.1 Å². The molecule has 0 fully saturated rings. The largest absolute Gasteiger partial charge is 0.299 e. The Morgan fingerprint density at radius 1 is 1.40 bits per heavy atom. The highest BCUT2D eigenvalue weighted by atomic mass is 19.1. The average Bonchev–Trinajstić information content (AvgIpc) is 2.21. The van der Waals surface area contributed by atoms with Crippen molar-refractivity contribution in [2.24, 2.45) is 5.92 Å². The molecule has 0 radical (unpaired) electrons. The van der Waals surface area contributed by atoms with Crippen LogP contribution in [0.25, 0.3) is 0 Å². The van der Waals surface area contributed by atoms with Crippen molar-refractivity contribution in [2.75, 3.05) is 0 Å². The Morgan fingerprint density at radius 2 is 2.07 bits per heavy atom. The molecule has 1 rings (SSSR count). The van der Waals surface area contributed by atoms with E-state index < -0.39 is 0 Å². The van der Waals surface area contributed by atoms with Crippen LogP contribution in [0, 0.1) is 11.7 Å². The lowest BCUT2D eigenvalue weighted by Crippen LogP contribution is -2.13. The molecule has 2 heteroatoms. The number of halogens is 1. The van der Waals surface area contributed by atoms with E-state index in [1.165, 1.54) is 6.07 Å². The van der Waals surface area contributed by atoms with E-state index in [1.807, 2.05) is 13.8 Å². The minimum atomic E-state index is -0.214. The van der Waals surface area contributed by atoms with Crippen LogP contribution in [0.3, 0.4) is 0 Å². The van der Waals surface area contributed by atoms with Gasteiger partial charge in [0.25, 0.3) is 0 Å². The predicted octanol–water partition coefficient (Wildman–Crippen LogP) is 3.37. The fourth-order valence-corrected chi connectivity index (χ4v) is 1.60. The lowest BCUT2D eigenvalue weighted by molar-refractivity contribution is -0.122. The van der Waals surface area contributed by atoms with Crippen molar-refractivity contribution < 1.29 is 9.18 Å². The molecule has 0 N–H and O–H groups in total. The molecule has 0 saturated carbocycles. The van der Waals surface area contributed by atoms with Gasteiger partial charge < -0.3 is 0 Å². The van der Waals surface area contributed by atoms with Crippen molar-refractivity contribution in [3.8, 4) is 0 Å². The summed E-state index contributed by atoms with van der Waals surface area (Å²) in [5, 5.41) is 0. The third-order valence-corrected chi connectivity index (χ3v) is 2.53. The second kappa shape index (κ2) is 5.64. The normalized spacial score (nSPS) is 12.5. The number of carbonyl (C=O) groups is 1. The second-order valence-electron chi connectivity index (χ2n) is 3.91. The van der Waals surface area contributed by atoms with E-state index in [2.05, 4.69) is 0 Å². The van der Waals surface area contributed by atoms with Gasteiger partial charge in [-0.3, -0.25) is 4.79 Å². The van der Waals surface area contributed by atoms with Crippen molar-refractivity contribution in [3.05, 3.63) is 35.6 Å². The molecule has 0 aliphatic carbocycles. The standard InChI is InChI=1S/C13H17FO/c1-3-6-13(15)10(2)9-11-7-4-5-8-12(11)14/h4-5,7-8,10H,3,6,9H2,1-2H3. The molecule has 0 heterocycles. The second-order valence-corrected chi connectivity index (χ2v) is 3.91. The maximum atomic E-state index is 13.3. The molecule has 1 atom stereocenters. The van der Waals surface area contributed by atoms with Crippen LogP contribution in [-0.4, -0.2) is 5.78 Å². The molecule has 0 bridgehead atoms. The zero-order valence-corrected chi connectivity index (χ0v) is 9.29. The molecule has 0 spiro atoms. The van der Waals surface area contributed by atoms with Crippen LogP contribution in [0.4, 0.5) is 4.39 Å². The number of benzene rings is 1. The van der Waals surface area contributed by atoms with Gasteiger partial charge in [0.05, 0.1) is 0 Å². The fourth-order valence-electron chi connectivity index (χ4n) is 1.60. The Hall–Kier alpha value is -1.18. The first-order chi connectivity index (χ1) is 7.15. The lowest BCUT2D eigenvalue weighted by atomic mass is 9.94. The first-order valence-electron chi connectivity index (χ1n) is 5.41. The van der Waals surface area contributed by atoms with Crippen LogP contribution < -0.4 is 0 Å². The minimum Gasteiger partial charge on any atom is -0.299 e. The highest BCUT2D eigenvalue weighted by Gasteiger charge is 2.14. The molecule has 1 aromatic carbocycles. The van der Waals surface area contributed by atoms with Gasteiger partial charge in [-0.2, -0.15) is 0 Å². The zero-order chi connectivity index (χ0) is 11.3. The van der Waals surface area contributed by atoms with Crippen molar-refractivity contribution >= 4 is 5.78 Å². The van der Waals surface area contributed by atoms with Gasteiger partial charge >= 0.3 is 0 Å². The molecule has 1 unspecified atom stereocenters. The van der Waals surface area contributed by atoms with E-state index in [4.69, 9.17) is 0 Å². The Labute approximate surface area is 90.3 Å². The average molecular weight is 208 g/mol. The summed E-state index contributed by atoms with van der Waals surface area (Å²) in [5.74, 6) is -0.0729. The molecule has 0 aromatic heterocycles. The van der Waals surface area contributed by atoms with Crippen LogP contribution in [-0.2, 0) is 11.2 Å². The highest BCUT2D eigenvalue weighted by Crippen LogP contribution is 2.14. The Bertz CT molecular complexity index is 333. The van der Waals surface area contributed by atoms with Gasteiger partial charge in [-0.1, -0.05) is 32.0 Å². The van der Waals surface area contributed by atoms with E-state index in [0.29, 0.717) is 18.4 Å². The molecular formula is C13H17FO. The maximum absolute atomic E-state index is 13.3. The Kier molecular flexibility index (Phi) is 4.47. The van der Waals surface area contributed by atoms with Crippen molar-refractivity contribution in [3.63, 3.8) is 0 Å². The van der Waals surface area contributed by atoms with E-state index in [9.17, 15) is 9.18 Å². The summed E-state index contributed by atoms with van der Waals surface area (Å²) in [5.41, 5.74) is 0.634. The van der Waals surface area contributed by atoms with E-state index in [-0.39, 0.29) is 17.5 Å². The summed E-state index contributed by atoms with van der Waals surface area (Å²) in [7, 11) is 0. The van der Waals surface area contributed by atoms with Gasteiger partial charge in [-0.25, -0.2) is 4.39 Å². The summed E-state index contributed by atoms with van der Waals surface area (Å²) in [6, 6.07) is 6.64. The summed E-state index contributed by atoms with van der Waals surface area (Å²) in [6.45, 7) is 3.85. The molecule has 1 nitrogen and oxygen atoms in total. The summed E-state index contributed by atoms with van der Waals surface area (Å²) in [4.78, 5) is 11.5. The van der Waals surface area contributed by atoms with Gasteiger partial charge in [-0.05, 0) is 24.5 Å². The number of rotatable bonds is 5. The maximum Gasteiger partial charge on any atom is 0.136 e. The fraction of sp³-hybridized carbons (Fsp3) is 0.462. The van der Waals surface area contributed by atoms with Crippen molar-refractivity contribution in [1.82, 2.24) is 0 Å². The highest BCUT2D eigenvalue weighted by molar-refractivity contribution is 5.80. The van der Waals surface area contributed by atoms with Crippen LogP contribution in [0.2, 0.25) is 0 Å². The molecule has 15 heavy (non-hydrogen) atoms. The number of carbonyl (C=O) groups excluding carboxylic acids is 1. The third-order valence-electron chi connectivity index (χ3n) is 2.53. The van der Waals surface area contributed by atoms with Gasteiger partial charge in [0.2, 0.25) is 0 Å². The van der Waals surface area contributed by atoms with Gasteiger partial charge in [-0.15, -0.1) is 0 Å². The lowest BCUT2D eigenvalue weighted by Gasteiger charge is -2.10. The number of ketones is 1. The van der Waals surface area contributed by atoms with Crippen LogP contribution in [0.15, 0.2) is 24.3 Å². The summed E-state index contributed by atoms with van der Waals surface area (Å²) >= 11 is 0. The number of hydrogen-bond acceptors (Lipinski definition) is 1. The minimum absolute atomic E-state index is 0.0816. The van der Waals surface area contributed by atoms with Gasteiger partial charge in [0.1, 0.15) is 11.6 Å². The Morgan fingerprint density at radius 3 is 2.67 bits per heavy atom. The van der Waals surface area contributed by atoms with Gasteiger partial charge in [0, 0.05) is 12.3 Å². The zero-order valence-electron chi connectivity index (χ0n) is 9.29. The molecular weight excluding hydrogens is 191 g/mol. The van der Waals surface area contributed by atoms with Crippen molar-refractivity contribution in [2.45, 2.75) is 33.1 Å². The van der Waals surface area contributed by atoms with Crippen LogP contribution in [0.5, 0.6) is 0 Å². The Balaban J connectivity index is 2.62. The van der Waals surface area contributed by atoms with E-state index >= 15 is 0 Å². The molecule has 82 valence electrons. The number of hydrogen-bond donors (Lipinski definition) is 0. The van der Waals surface area contributed by atoms with Gasteiger partial charge in [0.15, 0.2) is 0 Å². The van der Waals surface area contributed by atoms with Crippen molar-refractivity contribution in [1.29, 1.82) is 0 Å². The van der Waals surface area contributed by atoms with E-state index in [0.717, 1.165) is 6.42 Å². The van der Waals surface area contributed by atoms with Crippen LogP contribution >= 0.6 is 0 Å². The third kappa shape index (κ3) is 3.46. The predicted molar refractivity (Wildman–Crippen MR) is 59.2 cm³/mol. The summed E-state index contributed by atoms with van der Waals surface area (Å²) in [6.07, 6.45) is 1.96. The quantitative estimate of drug-likeness (QED) is 0.725. The smallest absolute Gasteiger partial charge is 0.136 e. The van der Waals surface area contributed by atoms with E-state index in [1.54, 1.807) is 18.2 Å². The molecule has 0 aliphatic heterocycles. The van der Waals surface area contributed by atoms with Crippen LogP contribution in [0.1, 0.15) is 32.3 Å². The number of Topliss-reactive ketones (excluding diaryl/α,β-unsaturated/α-hetero) is 1. The SMILES string of the molecule is CCCC(=O)C(C)Cc1ccccc1F. The molecule has 0 saturated heterocycles. The molecule has 0 amide bonds. The molecule has 1 aromatic rings. The first-order valence-corrected chi connectivity index (χ1v) is 5.41. The monoisotopic (exact) mass is 208 g/mol. The summed E-state index contributed by atoms with van der Waals surface area (Å²) < 4.78 is 13.3.